The Labute approximate surface area is 172 Å². The summed E-state index contributed by atoms with van der Waals surface area (Å²) in [7, 11) is -3.69. The van der Waals surface area contributed by atoms with E-state index in [0.29, 0.717) is 24.8 Å². The quantitative estimate of drug-likeness (QED) is 0.559. The smallest absolute Gasteiger partial charge is 0.293 e. The lowest BCUT2D eigenvalue weighted by Crippen LogP contribution is -2.35. The van der Waals surface area contributed by atoms with Crippen molar-refractivity contribution >= 4 is 21.4 Å². The molecule has 4 rings (SSSR count). The molecule has 0 spiro atoms. The van der Waals surface area contributed by atoms with Gasteiger partial charge < -0.3 is 5.32 Å². The molecule has 2 aliphatic heterocycles. The zero-order chi connectivity index (χ0) is 20.4. The van der Waals surface area contributed by atoms with E-state index in [9.17, 15) is 18.5 Å². The van der Waals surface area contributed by atoms with E-state index in [1.54, 1.807) is 6.07 Å². The third-order valence-corrected chi connectivity index (χ3v) is 8.43. The van der Waals surface area contributed by atoms with Gasteiger partial charge in [0.2, 0.25) is 10.0 Å². The summed E-state index contributed by atoms with van der Waals surface area (Å²) in [5.41, 5.74) is 0.244. The monoisotopic (exact) mass is 422 g/mol. The molecule has 8 nitrogen and oxygen atoms in total. The Hall–Kier alpha value is -1.71. The van der Waals surface area contributed by atoms with Crippen LogP contribution in [0, 0.1) is 10.1 Å². The minimum absolute atomic E-state index is 0.00986. The van der Waals surface area contributed by atoms with E-state index in [2.05, 4.69) is 10.2 Å². The summed E-state index contributed by atoms with van der Waals surface area (Å²) < 4.78 is 27.2. The van der Waals surface area contributed by atoms with Crippen molar-refractivity contribution < 1.29 is 13.3 Å². The van der Waals surface area contributed by atoms with Crippen molar-refractivity contribution in [1.29, 1.82) is 0 Å². The molecule has 9 heteroatoms. The largest absolute Gasteiger partial charge is 0.375 e. The van der Waals surface area contributed by atoms with E-state index in [-0.39, 0.29) is 16.6 Å². The highest BCUT2D eigenvalue weighted by Gasteiger charge is 2.32. The fraction of sp³-hybridized carbons (Fsp3) is 0.700. The number of hydrogen-bond donors (Lipinski definition) is 1. The number of benzene rings is 1. The normalized spacial score (nSPS) is 24.8. The second kappa shape index (κ2) is 8.57. The Kier molecular flexibility index (Phi) is 6.08. The Balaban J connectivity index is 1.50. The number of piperidine rings is 1. The second-order valence-electron chi connectivity index (χ2n) is 8.46. The van der Waals surface area contributed by atoms with Crippen LogP contribution in [-0.4, -0.2) is 60.8 Å². The van der Waals surface area contributed by atoms with Crippen LogP contribution in [-0.2, 0) is 10.0 Å². The van der Waals surface area contributed by atoms with Gasteiger partial charge in [-0.2, -0.15) is 4.31 Å². The molecule has 0 amide bonds. The SMILES string of the molecule is O=[N+]([O-])c1cc(S(=O)(=O)N2CCCCC2)ccc1NC1CCN(C2CCCC2)C1. The Morgan fingerprint density at radius 2 is 1.72 bits per heavy atom. The second-order valence-corrected chi connectivity index (χ2v) is 10.4. The van der Waals surface area contributed by atoms with Crippen LogP contribution in [0.2, 0.25) is 0 Å². The highest BCUT2D eigenvalue weighted by Crippen LogP contribution is 2.32. The predicted molar refractivity (Wildman–Crippen MR) is 112 cm³/mol. The summed E-state index contributed by atoms with van der Waals surface area (Å²) in [5, 5.41) is 15.0. The van der Waals surface area contributed by atoms with Crippen molar-refractivity contribution in [3.05, 3.63) is 28.3 Å². The maximum atomic E-state index is 12.9. The van der Waals surface area contributed by atoms with E-state index < -0.39 is 14.9 Å². The molecule has 1 aromatic carbocycles. The first kappa shape index (κ1) is 20.6. The van der Waals surface area contributed by atoms with E-state index in [4.69, 9.17) is 0 Å². The maximum Gasteiger partial charge on any atom is 0.293 e. The van der Waals surface area contributed by atoms with Gasteiger partial charge in [0, 0.05) is 44.3 Å². The summed E-state index contributed by atoms with van der Waals surface area (Å²) in [6.07, 6.45) is 8.71. The molecule has 1 aromatic rings. The Morgan fingerprint density at radius 3 is 2.41 bits per heavy atom. The van der Waals surface area contributed by atoms with Gasteiger partial charge in [0.1, 0.15) is 5.69 Å². The van der Waals surface area contributed by atoms with E-state index >= 15 is 0 Å². The molecule has 2 saturated heterocycles. The Morgan fingerprint density at radius 1 is 1.00 bits per heavy atom. The van der Waals surface area contributed by atoms with Gasteiger partial charge in [0.15, 0.2) is 0 Å². The fourth-order valence-electron chi connectivity index (χ4n) is 4.93. The minimum atomic E-state index is -3.69. The van der Waals surface area contributed by atoms with Crippen molar-refractivity contribution in [3.8, 4) is 0 Å². The highest BCUT2D eigenvalue weighted by molar-refractivity contribution is 7.89. The van der Waals surface area contributed by atoms with E-state index in [0.717, 1.165) is 38.8 Å². The maximum absolute atomic E-state index is 12.9. The topological polar surface area (TPSA) is 95.8 Å². The van der Waals surface area contributed by atoms with Gasteiger partial charge in [-0.15, -0.1) is 0 Å². The first-order chi connectivity index (χ1) is 13.9. The standard InChI is InChI=1S/C20H30N4O4S/c25-24(26)20-14-18(29(27,28)23-11-4-1-5-12-23)8-9-19(20)21-16-10-13-22(15-16)17-6-2-3-7-17/h8-9,14,16-17,21H,1-7,10-13,15H2. The number of rotatable bonds is 6. The lowest BCUT2D eigenvalue weighted by molar-refractivity contribution is -0.384. The number of anilines is 1. The van der Waals surface area contributed by atoms with Gasteiger partial charge in [-0.1, -0.05) is 19.3 Å². The number of sulfonamides is 1. The minimum Gasteiger partial charge on any atom is -0.375 e. The summed E-state index contributed by atoms with van der Waals surface area (Å²) >= 11 is 0. The van der Waals surface area contributed by atoms with Crippen molar-refractivity contribution in [2.24, 2.45) is 0 Å². The van der Waals surface area contributed by atoms with Crippen molar-refractivity contribution in [2.75, 3.05) is 31.5 Å². The van der Waals surface area contributed by atoms with Crippen LogP contribution in [0.15, 0.2) is 23.1 Å². The van der Waals surface area contributed by atoms with E-state index in [1.807, 2.05) is 0 Å². The molecule has 1 unspecified atom stereocenters. The van der Waals surface area contributed by atoms with E-state index in [1.165, 1.54) is 42.1 Å². The summed E-state index contributed by atoms with van der Waals surface area (Å²) in [4.78, 5) is 13.7. The van der Waals surface area contributed by atoms with Gasteiger partial charge in [0.05, 0.1) is 9.82 Å². The molecule has 0 aromatic heterocycles. The van der Waals surface area contributed by atoms with Crippen LogP contribution in [0.3, 0.4) is 0 Å². The molecule has 1 atom stereocenters. The third-order valence-electron chi connectivity index (χ3n) is 6.54. The average molecular weight is 423 g/mol. The molecule has 3 aliphatic rings. The number of likely N-dealkylation sites (tertiary alicyclic amines) is 1. The summed E-state index contributed by atoms with van der Waals surface area (Å²) in [6.45, 7) is 2.86. The number of nitro benzene ring substituents is 1. The lowest BCUT2D eigenvalue weighted by Gasteiger charge is -2.26. The van der Waals surface area contributed by atoms with Gasteiger partial charge in [-0.05, 0) is 44.2 Å². The first-order valence-corrected chi connectivity index (χ1v) is 12.2. The van der Waals surface area contributed by atoms with Crippen LogP contribution in [0.25, 0.3) is 0 Å². The fourth-order valence-corrected chi connectivity index (χ4v) is 6.46. The number of nitrogens with zero attached hydrogens (tertiary/aromatic N) is 3. The van der Waals surface area contributed by atoms with Crippen LogP contribution >= 0.6 is 0 Å². The molecule has 0 bridgehead atoms. The molecule has 0 radical (unpaired) electrons. The molecule has 1 aliphatic carbocycles. The molecule has 3 fully saturated rings. The predicted octanol–water partition coefficient (Wildman–Crippen LogP) is 3.20. The van der Waals surface area contributed by atoms with Crippen molar-refractivity contribution in [3.63, 3.8) is 0 Å². The zero-order valence-electron chi connectivity index (χ0n) is 16.8. The summed E-state index contributed by atoms with van der Waals surface area (Å²) in [5.74, 6) is 0. The zero-order valence-corrected chi connectivity index (χ0v) is 17.6. The molecule has 1 N–H and O–H groups in total. The lowest BCUT2D eigenvalue weighted by atomic mass is 10.2. The van der Waals surface area contributed by atoms with Crippen LogP contribution in [0.1, 0.15) is 51.4 Å². The first-order valence-electron chi connectivity index (χ1n) is 10.7. The number of nitro groups is 1. The van der Waals surface area contributed by atoms with Crippen LogP contribution in [0.5, 0.6) is 0 Å². The molecule has 2 heterocycles. The summed E-state index contributed by atoms with van der Waals surface area (Å²) in [6, 6.07) is 5.08. The van der Waals surface area contributed by atoms with Gasteiger partial charge in [0.25, 0.3) is 5.69 Å². The van der Waals surface area contributed by atoms with Gasteiger partial charge in [-0.3, -0.25) is 15.0 Å². The highest BCUT2D eigenvalue weighted by atomic mass is 32.2. The van der Waals surface area contributed by atoms with Crippen LogP contribution in [0.4, 0.5) is 11.4 Å². The third kappa shape index (κ3) is 4.41. The molecule has 160 valence electrons. The number of nitrogens with one attached hydrogen (secondary N) is 1. The molecular weight excluding hydrogens is 392 g/mol. The average Bonchev–Trinajstić information content (AvgIpc) is 3.40. The van der Waals surface area contributed by atoms with Crippen molar-refractivity contribution in [2.45, 2.75) is 68.3 Å². The molecule has 29 heavy (non-hydrogen) atoms. The van der Waals surface area contributed by atoms with Gasteiger partial charge in [-0.25, -0.2) is 8.42 Å². The Bertz CT molecular complexity index is 848. The molecular formula is C20H30N4O4S. The van der Waals surface area contributed by atoms with Crippen LogP contribution < -0.4 is 5.32 Å². The van der Waals surface area contributed by atoms with Gasteiger partial charge >= 0.3 is 0 Å². The number of hydrogen-bond acceptors (Lipinski definition) is 6. The molecule has 1 saturated carbocycles. The van der Waals surface area contributed by atoms with Crippen molar-refractivity contribution in [1.82, 2.24) is 9.21 Å².